The molecule has 0 N–H and O–H groups in total. The Balaban J connectivity index is 1.10. The van der Waals surface area contributed by atoms with Crippen LogP contribution in [0.15, 0.2) is 219 Å². The van der Waals surface area contributed by atoms with Crippen molar-refractivity contribution in [2.45, 2.75) is 0 Å². The molecule has 0 spiro atoms. The maximum absolute atomic E-state index is 5.24. The third-order valence-corrected chi connectivity index (χ3v) is 13.6. The predicted molar refractivity (Wildman–Crippen MR) is 276 cm³/mol. The van der Waals surface area contributed by atoms with Crippen molar-refractivity contribution in [3.05, 3.63) is 219 Å². The van der Waals surface area contributed by atoms with E-state index in [4.69, 9.17) is 34.9 Å². The zero-order chi connectivity index (χ0) is 45.0. The summed E-state index contributed by atoms with van der Waals surface area (Å²) in [6.45, 7) is 0. The van der Waals surface area contributed by atoms with E-state index in [0.717, 1.165) is 55.7 Å². The summed E-state index contributed by atoms with van der Waals surface area (Å²) in [7, 11) is 0. The Labute approximate surface area is 394 Å². The van der Waals surface area contributed by atoms with Crippen molar-refractivity contribution in [2.24, 2.45) is 0 Å². The standard InChI is InChI=1S/C59H36N8S/c1-5-18-37(19-6-1)54-61-55(38-20-7-2-8-21-38)64-58(63-54)41-31-33-48(67-47-29-15-13-27-44(47)51-49(67)34-32-43-42-26-14-16-30-50(42)68-53(43)51)46(36-41)52-45(28-17-35-60-52)59-65-56(39-22-9-3-10-23-39)62-57(66-59)40-24-11-4-12-25-40/h1-36H. The van der Waals surface area contributed by atoms with Gasteiger partial charge in [0.15, 0.2) is 34.9 Å². The van der Waals surface area contributed by atoms with Gasteiger partial charge in [0.2, 0.25) is 0 Å². The fraction of sp³-hybridized carbons (Fsp3) is 0. The second kappa shape index (κ2) is 16.4. The zero-order valence-electron chi connectivity index (χ0n) is 36.3. The van der Waals surface area contributed by atoms with Gasteiger partial charge in [0.25, 0.3) is 0 Å². The van der Waals surface area contributed by atoms with Crippen molar-refractivity contribution >= 4 is 53.3 Å². The van der Waals surface area contributed by atoms with Crippen molar-refractivity contribution in [1.29, 1.82) is 0 Å². The molecule has 68 heavy (non-hydrogen) atoms. The highest BCUT2D eigenvalue weighted by Crippen LogP contribution is 2.45. The number of benzene rings is 8. The molecular weight excluding hydrogens is 853 g/mol. The highest BCUT2D eigenvalue weighted by molar-refractivity contribution is 7.26. The zero-order valence-corrected chi connectivity index (χ0v) is 37.1. The molecule has 0 aliphatic heterocycles. The van der Waals surface area contributed by atoms with Crippen LogP contribution in [0, 0.1) is 0 Å². The molecule has 0 saturated carbocycles. The Morgan fingerprint density at radius 2 is 0.838 bits per heavy atom. The normalized spacial score (nSPS) is 11.5. The Morgan fingerprint density at radius 1 is 0.338 bits per heavy atom. The minimum atomic E-state index is 0.504. The van der Waals surface area contributed by atoms with Crippen LogP contribution in [0.4, 0.5) is 0 Å². The van der Waals surface area contributed by atoms with E-state index in [1.807, 2.05) is 151 Å². The molecule has 0 bridgehead atoms. The van der Waals surface area contributed by atoms with Crippen LogP contribution in [0.2, 0.25) is 0 Å². The van der Waals surface area contributed by atoms with Crippen molar-refractivity contribution in [1.82, 2.24) is 39.5 Å². The Hall–Kier alpha value is -9.05. The van der Waals surface area contributed by atoms with Gasteiger partial charge in [-0.2, -0.15) is 0 Å². The van der Waals surface area contributed by atoms with Gasteiger partial charge in [0.1, 0.15) is 0 Å². The van der Waals surface area contributed by atoms with Gasteiger partial charge in [-0.3, -0.25) is 4.98 Å². The van der Waals surface area contributed by atoms with Crippen LogP contribution >= 0.6 is 11.3 Å². The number of thiophene rings is 1. The highest BCUT2D eigenvalue weighted by Gasteiger charge is 2.24. The minimum absolute atomic E-state index is 0.504. The molecule has 13 rings (SSSR count). The van der Waals surface area contributed by atoms with E-state index >= 15 is 0 Å². The molecule has 0 atom stereocenters. The molecule has 0 aliphatic carbocycles. The Bertz CT molecular complexity index is 3910. The third kappa shape index (κ3) is 6.80. The Kier molecular flexibility index (Phi) is 9.50. The average Bonchev–Trinajstić information content (AvgIpc) is 3.97. The van der Waals surface area contributed by atoms with Crippen LogP contribution in [0.25, 0.3) is 127 Å². The lowest BCUT2D eigenvalue weighted by Gasteiger charge is -2.18. The number of nitrogens with zero attached hydrogens (tertiary/aromatic N) is 8. The summed E-state index contributed by atoms with van der Waals surface area (Å²) in [4.78, 5) is 36.0. The van der Waals surface area contributed by atoms with E-state index in [0.29, 0.717) is 40.6 Å². The molecule has 0 fully saturated rings. The number of aromatic nitrogens is 8. The molecule has 9 heteroatoms. The van der Waals surface area contributed by atoms with E-state index in [1.54, 1.807) is 0 Å². The van der Waals surface area contributed by atoms with Crippen LogP contribution in [0.1, 0.15) is 0 Å². The van der Waals surface area contributed by atoms with Gasteiger partial charge in [-0.05, 0) is 48.5 Å². The average molecular weight is 889 g/mol. The fourth-order valence-corrected chi connectivity index (χ4v) is 10.5. The summed E-state index contributed by atoms with van der Waals surface area (Å²) in [5.41, 5.74) is 9.77. The quantitative estimate of drug-likeness (QED) is 0.150. The number of hydrogen-bond acceptors (Lipinski definition) is 8. The molecule has 318 valence electrons. The summed E-state index contributed by atoms with van der Waals surface area (Å²) in [5, 5.41) is 4.90. The van der Waals surface area contributed by atoms with Crippen LogP contribution < -0.4 is 0 Å². The number of fused-ring (bicyclic) bond motifs is 7. The van der Waals surface area contributed by atoms with Crippen molar-refractivity contribution in [3.63, 3.8) is 0 Å². The maximum atomic E-state index is 5.24. The van der Waals surface area contributed by atoms with Gasteiger partial charge in [0, 0.05) is 76.1 Å². The van der Waals surface area contributed by atoms with E-state index in [-0.39, 0.29) is 0 Å². The molecule has 0 radical (unpaired) electrons. The lowest BCUT2D eigenvalue weighted by Crippen LogP contribution is -2.04. The number of pyridine rings is 1. The lowest BCUT2D eigenvalue weighted by atomic mass is 9.99. The Morgan fingerprint density at radius 3 is 1.43 bits per heavy atom. The first-order valence-electron chi connectivity index (χ1n) is 22.4. The summed E-state index contributed by atoms with van der Waals surface area (Å²) in [5.74, 6) is 3.35. The van der Waals surface area contributed by atoms with Crippen molar-refractivity contribution in [2.75, 3.05) is 0 Å². The summed E-state index contributed by atoms with van der Waals surface area (Å²) in [6.07, 6.45) is 1.84. The fourth-order valence-electron chi connectivity index (χ4n) is 9.22. The molecule has 0 aliphatic rings. The maximum Gasteiger partial charge on any atom is 0.166 e. The number of rotatable bonds is 8. The first-order chi connectivity index (χ1) is 33.7. The highest BCUT2D eigenvalue weighted by atomic mass is 32.1. The smallest absolute Gasteiger partial charge is 0.166 e. The minimum Gasteiger partial charge on any atom is -0.309 e. The van der Waals surface area contributed by atoms with Gasteiger partial charge in [-0.25, -0.2) is 29.9 Å². The molecule has 5 aromatic heterocycles. The van der Waals surface area contributed by atoms with Crippen LogP contribution in [0.5, 0.6) is 0 Å². The molecule has 13 aromatic rings. The van der Waals surface area contributed by atoms with Gasteiger partial charge >= 0.3 is 0 Å². The SMILES string of the molecule is c1ccc(-c2nc(-c3ccccc3)nc(-c3ccc(-n4c5ccccc5c5c6sc7ccccc7c6ccc54)c(-c4ncccc4-c4nc(-c5ccccc5)nc(-c5ccccc5)n4)c3)n2)cc1. The van der Waals surface area contributed by atoms with Crippen molar-refractivity contribution < 1.29 is 0 Å². The van der Waals surface area contributed by atoms with Crippen LogP contribution in [0.3, 0.4) is 0 Å². The number of hydrogen-bond donors (Lipinski definition) is 0. The van der Waals surface area contributed by atoms with Gasteiger partial charge < -0.3 is 4.57 Å². The van der Waals surface area contributed by atoms with E-state index in [9.17, 15) is 0 Å². The molecule has 8 aromatic carbocycles. The van der Waals surface area contributed by atoms with Crippen LogP contribution in [-0.4, -0.2) is 39.5 Å². The number of para-hydroxylation sites is 1. The van der Waals surface area contributed by atoms with Gasteiger partial charge in [0.05, 0.1) is 22.4 Å². The molecule has 8 nitrogen and oxygen atoms in total. The molecule has 0 saturated heterocycles. The molecule has 0 amide bonds. The van der Waals surface area contributed by atoms with E-state index in [2.05, 4.69) is 83.4 Å². The summed E-state index contributed by atoms with van der Waals surface area (Å²) < 4.78 is 4.90. The molecule has 5 heterocycles. The van der Waals surface area contributed by atoms with Gasteiger partial charge in [-0.15, -0.1) is 11.3 Å². The third-order valence-electron chi connectivity index (χ3n) is 12.4. The van der Waals surface area contributed by atoms with Gasteiger partial charge in [-0.1, -0.05) is 164 Å². The largest absolute Gasteiger partial charge is 0.309 e. The lowest BCUT2D eigenvalue weighted by molar-refractivity contribution is 1.07. The first kappa shape index (κ1) is 39.3. The second-order valence-corrected chi connectivity index (χ2v) is 17.5. The first-order valence-corrected chi connectivity index (χ1v) is 23.2. The monoisotopic (exact) mass is 888 g/mol. The van der Waals surface area contributed by atoms with Crippen LogP contribution in [-0.2, 0) is 0 Å². The summed E-state index contributed by atoms with van der Waals surface area (Å²) in [6, 6.07) is 72.6. The second-order valence-electron chi connectivity index (χ2n) is 16.5. The van der Waals surface area contributed by atoms with E-state index in [1.165, 1.54) is 30.9 Å². The topological polar surface area (TPSA) is 95.2 Å². The van der Waals surface area contributed by atoms with Crippen molar-refractivity contribution in [3.8, 4) is 85.3 Å². The van der Waals surface area contributed by atoms with E-state index < -0.39 is 0 Å². The molecule has 0 unspecified atom stereocenters. The summed E-state index contributed by atoms with van der Waals surface area (Å²) >= 11 is 1.84. The molecular formula is C59H36N8S. The predicted octanol–water partition coefficient (Wildman–Crippen LogP) is 14.6.